The van der Waals surface area contributed by atoms with E-state index in [0.29, 0.717) is 54.4 Å². The van der Waals surface area contributed by atoms with Gasteiger partial charge in [-0.2, -0.15) is 25.2 Å². The molecule has 5 aliphatic rings. The SMILES string of the molecule is C[C@]1(c2nc(-c3nc(OC[C@@]45CCCN4C[C@H](F)C5)nc(N4CC[C@H]5C[C@@]5(O)C4)n3)no2)CCCc2sc(N)c(C#N)c21. The van der Waals surface area contributed by atoms with Crippen LogP contribution in [0.3, 0.4) is 0 Å². The number of hydrogen-bond donors (Lipinski definition) is 2. The molecule has 0 bridgehead atoms. The average Bonchev–Trinajstić information content (AvgIpc) is 3.43. The van der Waals surface area contributed by atoms with Crippen LogP contribution in [0.25, 0.3) is 11.6 Å². The number of β-amino-alcohol motifs (C(OH)–C–C–N with tert-alkyl or cyclic N) is 1. The highest BCUT2D eigenvalue weighted by atomic mass is 32.1. The zero-order valence-corrected chi connectivity index (χ0v) is 24.9. The van der Waals surface area contributed by atoms with E-state index in [1.807, 2.05) is 11.8 Å². The molecule has 8 rings (SSSR count). The van der Waals surface area contributed by atoms with E-state index in [4.69, 9.17) is 25.0 Å². The maximum absolute atomic E-state index is 14.4. The first kappa shape index (κ1) is 27.2. The highest BCUT2D eigenvalue weighted by Gasteiger charge is 2.56. The number of rotatable bonds is 6. The van der Waals surface area contributed by atoms with Gasteiger partial charge in [-0.25, -0.2) is 4.39 Å². The summed E-state index contributed by atoms with van der Waals surface area (Å²) in [5.41, 5.74) is 5.79. The van der Waals surface area contributed by atoms with E-state index in [1.54, 1.807) is 0 Å². The number of piperidine rings is 1. The fourth-order valence-corrected chi connectivity index (χ4v) is 9.16. The van der Waals surface area contributed by atoms with Crippen LogP contribution in [0.15, 0.2) is 4.52 Å². The Bertz CT molecular complexity index is 1640. The number of nitriles is 1. The molecule has 3 aromatic rings. The number of aromatic nitrogens is 5. The number of thiophene rings is 1. The lowest BCUT2D eigenvalue weighted by Crippen LogP contribution is -2.44. The Morgan fingerprint density at radius 1 is 1.19 bits per heavy atom. The molecule has 4 fully saturated rings. The van der Waals surface area contributed by atoms with Crippen LogP contribution in [0.2, 0.25) is 0 Å². The van der Waals surface area contributed by atoms with Crippen molar-refractivity contribution < 1.29 is 18.8 Å². The Morgan fingerprint density at radius 2 is 2.07 bits per heavy atom. The molecule has 0 unspecified atom stereocenters. The third-order valence-electron chi connectivity index (χ3n) is 10.4. The Hall–Kier alpha value is -3.41. The number of hydrogen-bond acceptors (Lipinski definition) is 13. The van der Waals surface area contributed by atoms with Gasteiger partial charge in [0, 0.05) is 36.5 Å². The van der Waals surface area contributed by atoms with Gasteiger partial charge in [0.2, 0.25) is 23.5 Å². The Morgan fingerprint density at radius 3 is 2.91 bits per heavy atom. The molecule has 226 valence electrons. The zero-order valence-electron chi connectivity index (χ0n) is 24.1. The van der Waals surface area contributed by atoms with E-state index in [2.05, 4.69) is 26.1 Å². The van der Waals surface area contributed by atoms with E-state index >= 15 is 0 Å². The van der Waals surface area contributed by atoms with Gasteiger partial charge >= 0.3 is 6.01 Å². The number of aryl methyl sites for hydroxylation is 1. The van der Waals surface area contributed by atoms with Crippen LogP contribution in [-0.2, 0) is 11.8 Å². The number of halogens is 1. The van der Waals surface area contributed by atoms with Gasteiger partial charge in [0.15, 0.2) is 0 Å². The van der Waals surface area contributed by atoms with Gasteiger partial charge in [-0.05, 0) is 64.3 Å². The quantitative estimate of drug-likeness (QED) is 0.422. The van der Waals surface area contributed by atoms with Crippen molar-refractivity contribution in [1.29, 1.82) is 5.26 Å². The summed E-state index contributed by atoms with van der Waals surface area (Å²) >= 11 is 1.45. The molecule has 0 spiro atoms. The monoisotopic (exact) mass is 607 g/mol. The molecule has 3 aliphatic heterocycles. The van der Waals surface area contributed by atoms with E-state index in [0.717, 1.165) is 61.9 Å². The van der Waals surface area contributed by atoms with Crippen molar-refractivity contribution in [3.8, 4) is 23.7 Å². The zero-order chi connectivity index (χ0) is 29.6. The summed E-state index contributed by atoms with van der Waals surface area (Å²) < 4.78 is 26.5. The summed E-state index contributed by atoms with van der Waals surface area (Å²) in [6.07, 6.45) is 5.55. The van der Waals surface area contributed by atoms with Crippen LogP contribution in [0.4, 0.5) is 15.3 Å². The largest absolute Gasteiger partial charge is 0.461 e. The Labute approximate surface area is 252 Å². The molecule has 12 nitrogen and oxygen atoms in total. The number of aliphatic hydroxyl groups is 1. The smallest absolute Gasteiger partial charge is 0.321 e. The van der Waals surface area contributed by atoms with Gasteiger partial charge in [0.05, 0.1) is 22.1 Å². The summed E-state index contributed by atoms with van der Waals surface area (Å²) in [7, 11) is 0. The summed E-state index contributed by atoms with van der Waals surface area (Å²) in [6.45, 7) is 4.70. The third kappa shape index (κ3) is 4.30. The van der Waals surface area contributed by atoms with E-state index in [1.165, 1.54) is 11.3 Å². The van der Waals surface area contributed by atoms with E-state index < -0.39 is 17.2 Å². The maximum Gasteiger partial charge on any atom is 0.321 e. The molecule has 0 aromatic carbocycles. The molecular formula is C29H34FN9O3S. The number of ether oxygens (including phenoxy) is 1. The molecule has 3 aromatic heterocycles. The fourth-order valence-electron chi connectivity index (χ4n) is 7.97. The maximum atomic E-state index is 14.4. The predicted molar refractivity (Wildman–Crippen MR) is 154 cm³/mol. The summed E-state index contributed by atoms with van der Waals surface area (Å²) in [5.74, 6) is 1.44. The standard InChI is InChI=1S/C29H34FN9O3S/c1-27(6-2-4-19-20(27)18(12-31)21(32)43-19)24-33-23(37-42-24)22-34-25(38-9-5-16-10-29(16,40)14-38)36-26(35-22)41-15-28-7-3-8-39(28)13-17(30)11-28/h16-17,40H,2-11,13-15,32H2,1H3/t16-,17+,27-,28-,29+/m0/s1. The van der Waals surface area contributed by atoms with Crippen molar-refractivity contribution in [3.63, 3.8) is 0 Å². The second kappa shape index (κ2) is 9.54. The van der Waals surface area contributed by atoms with Crippen molar-refractivity contribution in [2.75, 3.05) is 43.4 Å². The van der Waals surface area contributed by atoms with Gasteiger partial charge in [0.1, 0.15) is 23.8 Å². The molecule has 0 radical (unpaired) electrons. The summed E-state index contributed by atoms with van der Waals surface area (Å²) in [4.78, 5) is 23.9. The summed E-state index contributed by atoms with van der Waals surface area (Å²) in [5, 5.41) is 25.5. The van der Waals surface area contributed by atoms with Crippen LogP contribution in [-0.4, -0.2) is 85.2 Å². The second-order valence-corrected chi connectivity index (χ2v) is 14.3. The minimum absolute atomic E-state index is 0.114. The van der Waals surface area contributed by atoms with E-state index in [-0.39, 0.29) is 29.8 Å². The van der Waals surface area contributed by atoms with Crippen molar-refractivity contribution in [2.45, 2.75) is 81.0 Å². The average molecular weight is 608 g/mol. The van der Waals surface area contributed by atoms with Crippen LogP contribution in [0.1, 0.15) is 73.8 Å². The van der Waals surface area contributed by atoms with Crippen molar-refractivity contribution >= 4 is 22.3 Å². The first-order valence-electron chi connectivity index (χ1n) is 15.1. The van der Waals surface area contributed by atoms with Gasteiger partial charge in [0.25, 0.3) is 0 Å². The van der Waals surface area contributed by atoms with Crippen molar-refractivity contribution in [2.24, 2.45) is 5.92 Å². The molecule has 3 N–H and O–H groups in total. The first-order valence-corrected chi connectivity index (χ1v) is 15.9. The minimum Gasteiger partial charge on any atom is -0.461 e. The van der Waals surface area contributed by atoms with Gasteiger partial charge in [-0.3, -0.25) is 4.90 Å². The second-order valence-electron chi connectivity index (χ2n) is 13.2. The molecule has 2 aliphatic carbocycles. The van der Waals surface area contributed by atoms with Crippen LogP contribution < -0.4 is 15.4 Å². The lowest BCUT2D eigenvalue weighted by atomic mass is 9.72. The molecular weight excluding hydrogens is 573 g/mol. The number of alkyl halides is 1. The normalized spacial score (nSPS) is 33.1. The van der Waals surface area contributed by atoms with Gasteiger partial charge in [-0.15, -0.1) is 11.3 Å². The Kier molecular flexibility index (Phi) is 6.03. The number of anilines is 2. The topological polar surface area (TPSA) is 163 Å². The number of nitrogens with two attached hydrogens (primary N) is 1. The lowest BCUT2D eigenvalue weighted by Gasteiger charge is -2.31. The third-order valence-corrected chi connectivity index (χ3v) is 11.5. The molecule has 43 heavy (non-hydrogen) atoms. The van der Waals surface area contributed by atoms with Gasteiger partial charge in [-0.1, -0.05) is 5.16 Å². The summed E-state index contributed by atoms with van der Waals surface area (Å²) in [6, 6.07) is 2.39. The minimum atomic E-state index is -0.867. The molecule has 0 amide bonds. The van der Waals surface area contributed by atoms with Crippen molar-refractivity contribution in [3.05, 3.63) is 21.9 Å². The molecule has 14 heteroatoms. The Balaban J connectivity index is 1.14. The molecule has 5 atom stereocenters. The highest BCUT2D eigenvalue weighted by molar-refractivity contribution is 7.16. The fraction of sp³-hybridized carbons (Fsp3) is 0.655. The predicted octanol–water partition coefficient (Wildman–Crippen LogP) is 3.00. The van der Waals surface area contributed by atoms with Crippen LogP contribution in [0.5, 0.6) is 6.01 Å². The number of fused-ring (bicyclic) bond motifs is 3. The van der Waals surface area contributed by atoms with Crippen LogP contribution >= 0.6 is 11.3 Å². The number of nitrogen functional groups attached to an aromatic ring is 1. The van der Waals surface area contributed by atoms with Crippen molar-refractivity contribution in [1.82, 2.24) is 30.0 Å². The lowest BCUT2D eigenvalue weighted by molar-refractivity contribution is 0.107. The molecule has 3 saturated heterocycles. The molecule has 1 saturated carbocycles. The first-order chi connectivity index (χ1) is 20.7. The number of nitrogens with zero attached hydrogens (tertiary/aromatic N) is 8. The highest BCUT2D eigenvalue weighted by Crippen LogP contribution is 2.50. The van der Waals surface area contributed by atoms with E-state index in [9.17, 15) is 14.8 Å². The van der Waals surface area contributed by atoms with Crippen LogP contribution in [0, 0.1) is 17.2 Å². The molecule has 6 heterocycles. The van der Waals surface area contributed by atoms with Gasteiger partial charge < -0.3 is 25.0 Å².